The number of ketones is 1. The molecule has 144 valence electrons. The Bertz CT molecular complexity index is 717. The van der Waals surface area contributed by atoms with Crippen LogP contribution in [-0.2, 0) is 9.53 Å². The van der Waals surface area contributed by atoms with E-state index in [4.69, 9.17) is 4.74 Å². The number of rotatable bonds is 0. The predicted octanol–water partition coefficient (Wildman–Crippen LogP) is 0.376. The first-order valence-electron chi connectivity index (χ1n) is 9.71. The Morgan fingerprint density at radius 3 is 2.50 bits per heavy atom. The summed E-state index contributed by atoms with van der Waals surface area (Å²) in [6.07, 6.45) is -0.747. The number of hydrogen-bond acceptors (Lipinski definition) is 6. The highest BCUT2D eigenvalue weighted by Gasteiger charge is 2.86. The molecular weight excluding hydrogens is 336 g/mol. The zero-order valence-corrected chi connectivity index (χ0v) is 15.3. The molecule has 4 saturated carbocycles. The van der Waals surface area contributed by atoms with Crippen LogP contribution in [0.2, 0.25) is 0 Å². The lowest BCUT2D eigenvalue weighted by Gasteiger charge is -2.74. The van der Waals surface area contributed by atoms with Crippen LogP contribution in [0.1, 0.15) is 39.5 Å². The number of hydrogen-bond donors (Lipinski definition) is 4. The normalized spacial score (nSPS) is 59.9. The van der Waals surface area contributed by atoms with Crippen LogP contribution >= 0.6 is 0 Å². The van der Waals surface area contributed by atoms with E-state index in [2.05, 4.69) is 6.58 Å². The molecule has 0 aromatic carbocycles. The molecule has 0 aromatic rings. The fourth-order valence-corrected chi connectivity index (χ4v) is 7.90. The molecular formula is C20H28O6. The number of aliphatic hydroxyl groups is 4. The zero-order chi connectivity index (χ0) is 18.9. The summed E-state index contributed by atoms with van der Waals surface area (Å²) in [5.41, 5.74) is -2.49. The van der Waals surface area contributed by atoms with Crippen molar-refractivity contribution in [3.8, 4) is 0 Å². The maximum atomic E-state index is 13.3. The number of carbonyl (C=O) groups is 1. The zero-order valence-electron chi connectivity index (χ0n) is 15.3. The Morgan fingerprint density at radius 2 is 1.81 bits per heavy atom. The van der Waals surface area contributed by atoms with Gasteiger partial charge in [0.1, 0.15) is 11.5 Å². The van der Waals surface area contributed by atoms with E-state index in [9.17, 15) is 25.2 Å². The molecule has 9 atom stereocenters. The van der Waals surface area contributed by atoms with Crippen molar-refractivity contribution in [2.24, 2.45) is 34.0 Å². The van der Waals surface area contributed by atoms with Gasteiger partial charge in [-0.3, -0.25) is 4.79 Å². The van der Waals surface area contributed by atoms with Gasteiger partial charge in [0, 0.05) is 17.3 Å². The van der Waals surface area contributed by atoms with E-state index in [1.54, 1.807) is 0 Å². The molecule has 0 aromatic heterocycles. The Labute approximate surface area is 152 Å². The van der Waals surface area contributed by atoms with E-state index < -0.39 is 58.5 Å². The molecule has 26 heavy (non-hydrogen) atoms. The van der Waals surface area contributed by atoms with Crippen molar-refractivity contribution in [3.63, 3.8) is 0 Å². The average Bonchev–Trinajstić information content (AvgIpc) is 2.69. The fourth-order valence-electron chi connectivity index (χ4n) is 7.90. The van der Waals surface area contributed by atoms with Crippen LogP contribution in [0.25, 0.3) is 0 Å². The second-order valence-electron chi connectivity index (χ2n) is 9.97. The van der Waals surface area contributed by atoms with Crippen LogP contribution in [0.15, 0.2) is 12.2 Å². The summed E-state index contributed by atoms with van der Waals surface area (Å²) in [5, 5.41) is 45.1. The topological polar surface area (TPSA) is 107 Å². The Morgan fingerprint density at radius 1 is 1.12 bits per heavy atom. The SMILES string of the molecule is C=C1C(=O)[C@]23[C@H](O)[C@H]1CC[C@H]2[C@@]12CO[C@]3(O)[C@H](O)[C@@H]1C(C)(C)CC[C@@H]2O. The van der Waals surface area contributed by atoms with Crippen molar-refractivity contribution in [1.82, 2.24) is 0 Å². The maximum Gasteiger partial charge on any atom is 0.208 e. The molecule has 6 fully saturated rings. The third-order valence-electron chi connectivity index (χ3n) is 8.88. The third kappa shape index (κ3) is 1.41. The van der Waals surface area contributed by atoms with Crippen molar-refractivity contribution in [2.75, 3.05) is 6.61 Å². The number of ether oxygens (including phenoxy) is 1. The lowest BCUT2D eigenvalue weighted by atomic mass is 9.35. The molecule has 2 saturated heterocycles. The van der Waals surface area contributed by atoms with Crippen molar-refractivity contribution in [1.29, 1.82) is 0 Å². The molecule has 6 aliphatic rings. The van der Waals surface area contributed by atoms with Gasteiger partial charge >= 0.3 is 0 Å². The van der Waals surface area contributed by atoms with Crippen LogP contribution in [0.5, 0.6) is 0 Å². The predicted molar refractivity (Wildman–Crippen MR) is 90.7 cm³/mol. The highest BCUT2D eigenvalue weighted by molar-refractivity contribution is 6.05. The molecule has 2 spiro atoms. The van der Waals surface area contributed by atoms with Crippen LogP contribution in [0.4, 0.5) is 0 Å². The standard InChI is InChI=1S/C20H28O6/c1-9-10-4-5-11-18-8-26-20(25,19(11,14(9)22)15(10)23)16(24)13(18)17(2,3)7-6-12(18)21/h10-13,15-16,21,23-25H,1,4-8H2,2-3H3/t10-,11-,12-,13+,15+,16+,18+,19-,20+/m0/s1. The second-order valence-corrected chi connectivity index (χ2v) is 9.97. The van der Waals surface area contributed by atoms with E-state index in [1.807, 2.05) is 13.8 Å². The van der Waals surface area contributed by atoms with Crippen LogP contribution in [-0.4, -0.2) is 56.9 Å². The van der Waals surface area contributed by atoms with E-state index in [0.717, 1.165) is 6.42 Å². The average molecular weight is 364 g/mol. The molecule has 0 unspecified atom stereocenters. The van der Waals surface area contributed by atoms with Gasteiger partial charge in [-0.15, -0.1) is 0 Å². The van der Waals surface area contributed by atoms with Crippen molar-refractivity contribution < 1.29 is 30.0 Å². The van der Waals surface area contributed by atoms with Crippen LogP contribution in [0.3, 0.4) is 0 Å². The van der Waals surface area contributed by atoms with E-state index >= 15 is 0 Å². The summed E-state index contributed by atoms with van der Waals surface area (Å²) < 4.78 is 5.80. The quantitative estimate of drug-likeness (QED) is 0.463. The molecule has 4 aliphatic carbocycles. The maximum absolute atomic E-state index is 13.3. The summed E-state index contributed by atoms with van der Waals surface area (Å²) >= 11 is 0. The summed E-state index contributed by atoms with van der Waals surface area (Å²) in [6.45, 7) is 8.07. The van der Waals surface area contributed by atoms with Gasteiger partial charge in [-0.1, -0.05) is 20.4 Å². The van der Waals surface area contributed by atoms with Crippen molar-refractivity contribution in [2.45, 2.75) is 63.6 Å². The van der Waals surface area contributed by atoms with Gasteiger partial charge in [0.05, 0.1) is 18.8 Å². The molecule has 4 N–H and O–H groups in total. The van der Waals surface area contributed by atoms with Gasteiger partial charge in [0.2, 0.25) is 5.79 Å². The smallest absolute Gasteiger partial charge is 0.208 e. The Hall–Kier alpha value is -0.790. The molecule has 6 nitrogen and oxygen atoms in total. The largest absolute Gasteiger partial charge is 0.392 e. The number of fused-ring (bicyclic) bond motifs is 2. The van der Waals surface area contributed by atoms with Gasteiger partial charge in [-0.05, 0) is 42.6 Å². The number of carbonyl (C=O) groups excluding carboxylic acids is 1. The first-order chi connectivity index (χ1) is 12.1. The summed E-state index contributed by atoms with van der Waals surface area (Å²) in [6, 6.07) is 0. The number of Topliss-reactive ketones (excluding diaryl/α,β-unsaturated/α-hetero) is 1. The number of aliphatic hydroxyl groups excluding tert-OH is 3. The van der Waals surface area contributed by atoms with E-state index in [0.29, 0.717) is 24.8 Å². The van der Waals surface area contributed by atoms with Crippen LogP contribution < -0.4 is 0 Å². The Balaban J connectivity index is 1.81. The van der Waals surface area contributed by atoms with Gasteiger partial charge in [0.15, 0.2) is 5.78 Å². The molecule has 0 amide bonds. The lowest BCUT2D eigenvalue weighted by Crippen LogP contribution is -2.85. The Kier molecular flexibility index (Phi) is 3.07. The second kappa shape index (κ2) is 4.61. The van der Waals surface area contributed by atoms with Gasteiger partial charge in [-0.2, -0.15) is 0 Å². The summed E-state index contributed by atoms with van der Waals surface area (Å²) in [5.74, 6) is -3.80. The summed E-state index contributed by atoms with van der Waals surface area (Å²) in [4.78, 5) is 13.3. The molecule has 4 bridgehead atoms. The molecule has 0 radical (unpaired) electrons. The minimum Gasteiger partial charge on any atom is -0.392 e. The minimum absolute atomic E-state index is 0.0966. The summed E-state index contributed by atoms with van der Waals surface area (Å²) in [7, 11) is 0. The molecule has 2 aliphatic heterocycles. The molecule has 6 heteroatoms. The lowest BCUT2D eigenvalue weighted by molar-refractivity contribution is -0.458. The highest BCUT2D eigenvalue weighted by Crippen LogP contribution is 2.76. The monoisotopic (exact) mass is 364 g/mol. The van der Waals surface area contributed by atoms with Gasteiger partial charge in [-0.25, -0.2) is 0 Å². The van der Waals surface area contributed by atoms with Gasteiger partial charge < -0.3 is 25.2 Å². The fraction of sp³-hybridized carbons (Fsp3) is 0.850. The molecule has 2 heterocycles. The van der Waals surface area contributed by atoms with Crippen molar-refractivity contribution in [3.05, 3.63) is 12.2 Å². The first-order valence-corrected chi connectivity index (χ1v) is 9.71. The minimum atomic E-state index is -2.15. The van der Waals surface area contributed by atoms with E-state index in [1.165, 1.54) is 0 Å². The third-order valence-corrected chi connectivity index (χ3v) is 8.88. The highest BCUT2D eigenvalue weighted by atomic mass is 16.6. The van der Waals surface area contributed by atoms with Crippen LogP contribution in [0, 0.1) is 34.0 Å². The van der Waals surface area contributed by atoms with E-state index in [-0.39, 0.29) is 12.0 Å². The first kappa shape index (κ1) is 17.3. The van der Waals surface area contributed by atoms with Gasteiger partial charge in [0.25, 0.3) is 0 Å². The van der Waals surface area contributed by atoms with Crippen molar-refractivity contribution >= 4 is 5.78 Å². The molecule has 6 rings (SSSR count).